The molecule has 0 unspecified atom stereocenters. The minimum atomic E-state index is -0.436. The molecule has 4 aromatic heterocycles. The van der Waals surface area contributed by atoms with Crippen LogP contribution >= 0.6 is 0 Å². The second-order valence-electron chi connectivity index (χ2n) is 6.71. The molecule has 0 atom stereocenters. The van der Waals surface area contributed by atoms with Crippen LogP contribution in [0.15, 0.2) is 30.9 Å². The maximum absolute atomic E-state index is 12.9. The van der Waals surface area contributed by atoms with Gasteiger partial charge in [-0.15, -0.1) is 0 Å². The van der Waals surface area contributed by atoms with Crippen molar-refractivity contribution in [1.29, 1.82) is 0 Å². The first-order valence-corrected chi connectivity index (χ1v) is 9.37. The topological polar surface area (TPSA) is 124 Å². The molecule has 4 aromatic rings. The Kier molecular flexibility index (Phi) is 4.78. The molecule has 4 rings (SSSR count). The lowest BCUT2D eigenvalue weighted by Gasteiger charge is -2.05. The van der Waals surface area contributed by atoms with Crippen molar-refractivity contribution in [3.05, 3.63) is 47.8 Å². The molecule has 0 spiro atoms. The Balaban J connectivity index is 1.72. The van der Waals surface area contributed by atoms with E-state index >= 15 is 0 Å². The summed E-state index contributed by atoms with van der Waals surface area (Å²) in [5.74, 6) is -0.830. The highest BCUT2D eigenvalue weighted by atomic mass is 16.2. The van der Waals surface area contributed by atoms with Crippen LogP contribution in [0.1, 0.15) is 33.5 Å². The van der Waals surface area contributed by atoms with E-state index in [9.17, 15) is 9.59 Å². The van der Waals surface area contributed by atoms with Crippen LogP contribution in [0, 0.1) is 6.92 Å². The molecule has 0 aromatic carbocycles. The van der Waals surface area contributed by atoms with Gasteiger partial charge in [0.15, 0.2) is 11.3 Å². The first-order valence-electron chi connectivity index (χ1n) is 9.37. The number of aromatic nitrogens is 7. The number of aryl methyl sites for hydroxylation is 3. The van der Waals surface area contributed by atoms with Crippen LogP contribution in [0.2, 0.25) is 0 Å². The van der Waals surface area contributed by atoms with Gasteiger partial charge in [-0.05, 0) is 19.9 Å². The molecule has 0 fully saturated rings. The fraction of sp³-hybridized carbons (Fsp3) is 0.263. The number of rotatable bonds is 5. The fourth-order valence-corrected chi connectivity index (χ4v) is 3.24. The molecular formula is C19H21N9O2. The molecule has 2 amide bonds. The van der Waals surface area contributed by atoms with Gasteiger partial charge in [0.05, 0.1) is 23.3 Å². The van der Waals surface area contributed by atoms with Crippen molar-refractivity contribution in [2.45, 2.75) is 20.4 Å². The summed E-state index contributed by atoms with van der Waals surface area (Å²) in [7, 11) is 3.17. The highest BCUT2D eigenvalue weighted by Crippen LogP contribution is 2.24. The summed E-state index contributed by atoms with van der Waals surface area (Å²) in [6.45, 7) is 4.69. The Bertz CT molecular complexity index is 1260. The molecule has 4 heterocycles. The summed E-state index contributed by atoms with van der Waals surface area (Å²) >= 11 is 0. The maximum atomic E-state index is 12.9. The highest BCUT2D eigenvalue weighted by molar-refractivity contribution is 6.11. The second-order valence-corrected chi connectivity index (χ2v) is 6.71. The number of hydrogen-bond acceptors (Lipinski definition) is 6. The van der Waals surface area contributed by atoms with Gasteiger partial charge >= 0.3 is 0 Å². The van der Waals surface area contributed by atoms with Gasteiger partial charge in [0.25, 0.3) is 11.8 Å². The Hall–Kier alpha value is -4.02. The zero-order valence-electron chi connectivity index (χ0n) is 17.0. The molecule has 0 radical (unpaired) electrons. The van der Waals surface area contributed by atoms with Gasteiger partial charge in [-0.1, -0.05) is 0 Å². The monoisotopic (exact) mass is 407 g/mol. The number of nitrogens with zero attached hydrogens (tertiary/aromatic N) is 7. The van der Waals surface area contributed by atoms with Gasteiger partial charge in [0.1, 0.15) is 5.56 Å². The number of hydrogen-bond donors (Lipinski definition) is 2. The summed E-state index contributed by atoms with van der Waals surface area (Å²) in [5.41, 5.74) is 3.66. The molecule has 0 bridgehead atoms. The summed E-state index contributed by atoms with van der Waals surface area (Å²) in [6.07, 6.45) is 6.59. The van der Waals surface area contributed by atoms with Gasteiger partial charge in [0.2, 0.25) is 0 Å². The number of amides is 2. The van der Waals surface area contributed by atoms with E-state index in [0.29, 0.717) is 11.3 Å². The van der Waals surface area contributed by atoms with E-state index in [0.717, 1.165) is 23.5 Å². The van der Waals surface area contributed by atoms with Crippen molar-refractivity contribution in [2.75, 3.05) is 12.4 Å². The lowest BCUT2D eigenvalue weighted by molar-refractivity contribution is 0.0958. The van der Waals surface area contributed by atoms with Crippen molar-refractivity contribution in [1.82, 2.24) is 39.5 Å². The van der Waals surface area contributed by atoms with E-state index in [1.165, 1.54) is 17.9 Å². The number of nitrogens with one attached hydrogen (secondary N) is 2. The smallest absolute Gasteiger partial charge is 0.273 e. The lowest BCUT2D eigenvalue weighted by Crippen LogP contribution is -2.21. The predicted molar refractivity (Wildman–Crippen MR) is 109 cm³/mol. The Morgan fingerprint density at radius 2 is 1.97 bits per heavy atom. The Morgan fingerprint density at radius 3 is 2.67 bits per heavy atom. The zero-order chi connectivity index (χ0) is 21.4. The normalized spacial score (nSPS) is 11.1. The quantitative estimate of drug-likeness (QED) is 0.513. The predicted octanol–water partition coefficient (Wildman–Crippen LogP) is 1.27. The average molecular weight is 407 g/mol. The van der Waals surface area contributed by atoms with Crippen molar-refractivity contribution in [2.24, 2.45) is 7.05 Å². The van der Waals surface area contributed by atoms with Crippen LogP contribution in [-0.2, 0) is 13.6 Å². The summed E-state index contributed by atoms with van der Waals surface area (Å²) in [5, 5.41) is 18.2. The molecule has 0 saturated heterocycles. The third-order valence-electron chi connectivity index (χ3n) is 4.71. The number of carbonyl (C=O) groups is 2. The van der Waals surface area contributed by atoms with Crippen LogP contribution in [0.5, 0.6) is 0 Å². The van der Waals surface area contributed by atoms with Crippen molar-refractivity contribution in [3.63, 3.8) is 0 Å². The Morgan fingerprint density at radius 1 is 1.17 bits per heavy atom. The molecule has 11 nitrogen and oxygen atoms in total. The first kappa shape index (κ1) is 19.3. The molecule has 11 heteroatoms. The van der Waals surface area contributed by atoms with E-state index in [-0.39, 0.29) is 11.3 Å². The van der Waals surface area contributed by atoms with Gasteiger partial charge in [0, 0.05) is 44.8 Å². The molecule has 154 valence electrons. The van der Waals surface area contributed by atoms with Crippen LogP contribution in [-0.4, -0.2) is 53.0 Å². The summed E-state index contributed by atoms with van der Waals surface area (Å²) in [6, 6.07) is 1.83. The van der Waals surface area contributed by atoms with Crippen LogP contribution in [0.3, 0.4) is 0 Å². The van der Waals surface area contributed by atoms with Crippen LogP contribution in [0.25, 0.3) is 16.9 Å². The molecule has 30 heavy (non-hydrogen) atoms. The van der Waals surface area contributed by atoms with Crippen molar-refractivity contribution >= 4 is 23.1 Å². The SMILES string of the molecule is CCn1cc(-c2ccnc3c(C(=O)Nc4cn(C)nc4C(=O)NC)cnn23)c(C)n1. The maximum Gasteiger partial charge on any atom is 0.273 e. The Labute approximate surface area is 171 Å². The lowest BCUT2D eigenvalue weighted by atomic mass is 10.2. The van der Waals surface area contributed by atoms with Gasteiger partial charge in [-0.25, -0.2) is 9.50 Å². The number of fused-ring (bicyclic) bond motifs is 1. The number of carbonyl (C=O) groups excluding carboxylic acids is 2. The van der Waals surface area contributed by atoms with Crippen molar-refractivity contribution < 1.29 is 9.59 Å². The van der Waals surface area contributed by atoms with Crippen LogP contribution < -0.4 is 10.6 Å². The molecule has 0 aliphatic rings. The molecule has 0 saturated carbocycles. The molecule has 0 aliphatic heterocycles. The molecule has 2 N–H and O–H groups in total. The standard InChI is InChI=1S/C19H21N9O2/c1-5-27-9-13(11(2)24-27)15-6-7-21-17-12(8-22-28(15)17)18(29)23-14-10-26(4)25-16(14)19(30)20-3/h6-10H,5H2,1-4H3,(H,20,30)(H,23,29). The third kappa shape index (κ3) is 3.19. The van der Waals surface area contributed by atoms with Gasteiger partial charge in [-0.3, -0.25) is 19.0 Å². The van der Waals surface area contributed by atoms with Gasteiger partial charge < -0.3 is 10.6 Å². The van der Waals surface area contributed by atoms with Crippen molar-refractivity contribution in [3.8, 4) is 11.3 Å². The second kappa shape index (κ2) is 7.43. The third-order valence-corrected chi connectivity index (χ3v) is 4.71. The zero-order valence-corrected chi connectivity index (χ0v) is 17.0. The average Bonchev–Trinajstić information content (AvgIpc) is 3.43. The van der Waals surface area contributed by atoms with E-state index in [4.69, 9.17) is 0 Å². The largest absolute Gasteiger partial charge is 0.354 e. The van der Waals surface area contributed by atoms with Gasteiger partial charge in [-0.2, -0.15) is 15.3 Å². The van der Waals surface area contributed by atoms with E-state index in [1.54, 1.807) is 24.0 Å². The van der Waals surface area contributed by atoms with E-state index in [1.807, 2.05) is 30.8 Å². The van der Waals surface area contributed by atoms with E-state index < -0.39 is 11.8 Å². The van der Waals surface area contributed by atoms with Crippen LogP contribution in [0.4, 0.5) is 5.69 Å². The summed E-state index contributed by atoms with van der Waals surface area (Å²) < 4.78 is 4.92. The first-order chi connectivity index (χ1) is 14.4. The summed E-state index contributed by atoms with van der Waals surface area (Å²) in [4.78, 5) is 29.3. The molecule has 0 aliphatic carbocycles. The fourth-order valence-electron chi connectivity index (χ4n) is 3.24. The van der Waals surface area contributed by atoms with E-state index in [2.05, 4.69) is 30.9 Å². The minimum absolute atomic E-state index is 0.126. The minimum Gasteiger partial charge on any atom is -0.354 e. The number of anilines is 1. The molecular weight excluding hydrogens is 386 g/mol. The highest BCUT2D eigenvalue weighted by Gasteiger charge is 2.21.